The van der Waals surface area contributed by atoms with Crippen LogP contribution in [0.25, 0.3) is 5.69 Å². The molecule has 1 aromatic heterocycles. The second kappa shape index (κ2) is 10.6. The van der Waals surface area contributed by atoms with Crippen LogP contribution >= 0.6 is 23.2 Å². The molecule has 0 spiro atoms. The van der Waals surface area contributed by atoms with Crippen molar-refractivity contribution in [2.75, 3.05) is 18.2 Å². The Morgan fingerprint density at radius 2 is 1.62 bits per heavy atom. The highest BCUT2D eigenvalue weighted by molar-refractivity contribution is 6.31. The molecular formula is C27H23Cl2N5O3. The molecule has 5 rings (SSSR count). The first-order chi connectivity index (χ1) is 17.9. The van der Waals surface area contributed by atoms with E-state index in [2.05, 4.69) is 5.10 Å². The molecule has 1 aliphatic rings. The van der Waals surface area contributed by atoms with Crippen molar-refractivity contribution < 1.29 is 9.53 Å². The number of aromatic nitrogens is 3. The molecule has 0 bridgehead atoms. The molecule has 0 saturated carbocycles. The normalized spacial score (nSPS) is 15.1. The maximum Gasteiger partial charge on any atom is 0.352 e. The lowest BCUT2D eigenvalue weighted by Gasteiger charge is -2.16. The van der Waals surface area contributed by atoms with Crippen molar-refractivity contribution in [3.8, 4) is 5.69 Å². The molecule has 1 aliphatic heterocycles. The second-order valence-electron chi connectivity index (χ2n) is 8.40. The Balaban J connectivity index is 1.62. The number of anilines is 1. The molecule has 0 N–H and O–H groups in total. The van der Waals surface area contributed by atoms with Crippen LogP contribution < -0.4 is 10.7 Å². The van der Waals surface area contributed by atoms with Crippen molar-refractivity contribution >= 4 is 40.8 Å². The monoisotopic (exact) mass is 535 g/mol. The third kappa shape index (κ3) is 5.16. The number of benzene rings is 3. The van der Waals surface area contributed by atoms with Gasteiger partial charge in [0, 0.05) is 16.0 Å². The average Bonchev–Trinajstić information content (AvgIpc) is 3.48. The van der Waals surface area contributed by atoms with Gasteiger partial charge >= 0.3 is 11.7 Å². The maximum atomic E-state index is 13.4. The summed E-state index contributed by atoms with van der Waals surface area (Å²) in [5.41, 5.74) is 2.79. The summed E-state index contributed by atoms with van der Waals surface area (Å²) in [5.74, 6) is -0.408. The first kappa shape index (κ1) is 24.8. The van der Waals surface area contributed by atoms with Gasteiger partial charge in [0.25, 0.3) is 0 Å². The minimum Gasteiger partial charge on any atom is -0.465 e. The molecule has 0 fully saturated rings. The minimum absolute atomic E-state index is 0.103. The highest BCUT2D eigenvalue weighted by Gasteiger charge is 2.33. The van der Waals surface area contributed by atoms with Gasteiger partial charge in [0.05, 0.1) is 24.6 Å². The van der Waals surface area contributed by atoms with Crippen molar-refractivity contribution in [3.63, 3.8) is 0 Å². The van der Waals surface area contributed by atoms with E-state index in [1.54, 1.807) is 36.2 Å². The number of rotatable bonds is 7. The molecule has 2 heterocycles. The molecule has 0 radical (unpaired) electrons. The van der Waals surface area contributed by atoms with E-state index < -0.39 is 11.7 Å². The van der Waals surface area contributed by atoms with Gasteiger partial charge in [0.15, 0.2) is 0 Å². The molecule has 1 atom stereocenters. The fourth-order valence-corrected chi connectivity index (χ4v) is 4.51. The molecule has 0 aliphatic carbocycles. The van der Waals surface area contributed by atoms with E-state index in [0.717, 1.165) is 16.8 Å². The van der Waals surface area contributed by atoms with E-state index in [9.17, 15) is 9.59 Å². The fraction of sp³-hybridized carbons (Fsp3) is 0.185. The molecule has 188 valence electrons. The predicted octanol–water partition coefficient (Wildman–Crippen LogP) is 4.91. The van der Waals surface area contributed by atoms with Crippen LogP contribution in [0, 0.1) is 0 Å². The summed E-state index contributed by atoms with van der Waals surface area (Å²) in [5, 5.41) is 12.3. The molecule has 37 heavy (non-hydrogen) atoms. The number of hydrogen-bond acceptors (Lipinski definition) is 6. The van der Waals surface area contributed by atoms with Crippen LogP contribution in [-0.4, -0.2) is 39.2 Å². The number of ether oxygens (including phenoxy) is 1. The van der Waals surface area contributed by atoms with Gasteiger partial charge in [-0.2, -0.15) is 9.78 Å². The van der Waals surface area contributed by atoms with Gasteiger partial charge in [0.2, 0.25) is 5.95 Å². The van der Waals surface area contributed by atoms with E-state index >= 15 is 0 Å². The average molecular weight is 536 g/mol. The number of nitrogens with zero attached hydrogens (tertiary/aromatic N) is 5. The van der Waals surface area contributed by atoms with Crippen LogP contribution in [0.3, 0.4) is 0 Å². The number of hydrazone groups is 1. The lowest BCUT2D eigenvalue weighted by Crippen LogP contribution is -2.30. The first-order valence-electron chi connectivity index (χ1n) is 11.7. The van der Waals surface area contributed by atoms with Gasteiger partial charge in [0.1, 0.15) is 6.54 Å². The fourth-order valence-electron chi connectivity index (χ4n) is 4.26. The summed E-state index contributed by atoms with van der Waals surface area (Å²) in [6.45, 7) is 2.04. The van der Waals surface area contributed by atoms with Crippen LogP contribution in [-0.2, 0) is 16.1 Å². The molecule has 0 saturated heterocycles. The summed E-state index contributed by atoms with van der Waals surface area (Å²) < 4.78 is 7.64. The van der Waals surface area contributed by atoms with Crippen LogP contribution in [0.4, 0.5) is 5.95 Å². The van der Waals surface area contributed by atoms with Crippen molar-refractivity contribution in [1.29, 1.82) is 0 Å². The van der Waals surface area contributed by atoms with E-state index in [1.165, 1.54) is 9.25 Å². The van der Waals surface area contributed by atoms with E-state index in [1.807, 2.05) is 54.6 Å². The Morgan fingerprint density at radius 1 is 0.973 bits per heavy atom. The topological polar surface area (TPSA) is 81.7 Å². The summed E-state index contributed by atoms with van der Waals surface area (Å²) in [7, 11) is 0. The SMILES string of the molecule is CCOC(=O)Cn1c(N2C[C@H](c3ccccc3)C(c3ccc(Cl)cc3)=N2)nn(-c2ccc(Cl)cc2)c1=O. The summed E-state index contributed by atoms with van der Waals surface area (Å²) in [6.07, 6.45) is 0. The summed E-state index contributed by atoms with van der Waals surface area (Å²) in [6, 6.07) is 24.2. The number of halogens is 2. The number of carbonyl (C=O) groups is 1. The zero-order valence-corrected chi connectivity index (χ0v) is 21.4. The molecule has 4 aromatic rings. The van der Waals surface area contributed by atoms with Gasteiger partial charge in [-0.3, -0.25) is 4.79 Å². The summed E-state index contributed by atoms with van der Waals surface area (Å²) in [4.78, 5) is 25.9. The van der Waals surface area contributed by atoms with E-state index in [-0.39, 0.29) is 25.0 Å². The quantitative estimate of drug-likeness (QED) is 0.314. The van der Waals surface area contributed by atoms with Crippen molar-refractivity contribution in [1.82, 2.24) is 14.3 Å². The number of carbonyl (C=O) groups excluding carboxylic acids is 1. The van der Waals surface area contributed by atoms with Crippen LogP contribution in [0.2, 0.25) is 10.0 Å². The summed E-state index contributed by atoms with van der Waals surface area (Å²) >= 11 is 12.2. The lowest BCUT2D eigenvalue weighted by molar-refractivity contribution is -0.143. The highest BCUT2D eigenvalue weighted by Crippen LogP contribution is 2.31. The van der Waals surface area contributed by atoms with E-state index in [4.69, 9.17) is 33.0 Å². The van der Waals surface area contributed by atoms with E-state index in [0.29, 0.717) is 22.3 Å². The Morgan fingerprint density at radius 3 is 2.27 bits per heavy atom. The number of esters is 1. The molecule has 10 heteroatoms. The molecule has 3 aromatic carbocycles. The standard InChI is InChI=1S/C27H23Cl2N5O3/c1-2-37-24(35)17-32-26(31-34(27(32)36)22-14-12-21(29)13-15-22)33-16-23(18-6-4-3-5-7-18)25(30-33)19-8-10-20(28)11-9-19/h3-15,23H,2,16-17H2,1H3/t23-/m1/s1. The Labute approximate surface area is 223 Å². The zero-order valence-electron chi connectivity index (χ0n) is 19.9. The predicted molar refractivity (Wildman–Crippen MR) is 144 cm³/mol. The third-order valence-corrected chi connectivity index (χ3v) is 6.50. The second-order valence-corrected chi connectivity index (χ2v) is 9.27. The van der Waals surface area contributed by atoms with Gasteiger partial charge in [-0.05, 0) is 54.4 Å². The zero-order chi connectivity index (χ0) is 25.9. The van der Waals surface area contributed by atoms with Crippen LogP contribution in [0.15, 0.2) is 88.8 Å². The molecular weight excluding hydrogens is 513 g/mol. The Hall–Kier alpha value is -3.88. The van der Waals surface area contributed by atoms with Crippen molar-refractivity contribution in [2.24, 2.45) is 5.10 Å². The Bertz CT molecular complexity index is 1500. The molecule has 0 amide bonds. The minimum atomic E-state index is -0.540. The lowest BCUT2D eigenvalue weighted by atomic mass is 9.91. The molecule has 0 unspecified atom stereocenters. The van der Waals surface area contributed by atoms with Crippen molar-refractivity contribution in [3.05, 3.63) is 111 Å². The number of hydrogen-bond donors (Lipinski definition) is 0. The van der Waals surface area contributed by atoms with Gasteiger partial charge < -0.3 is 4.74 Å². The van der Waals surface area contributed by atoms with Crippen molar-refractivity contribution in [2.45, 2.75) is 19.4 Å². The maximum absolute atomic E-state index is 13.4. The Kier molecular flexibility index (Phi) is 7.12. The first-order valence-corrected chi connectivity index (χ1v) is 12.5. The van der Waals surface area contributed by atoms with Gasteiger partial charge in [-0.1, -0.05) is 65.7 Å². The largest absolute Gasteiger partial charge is 0.465 e. The smallest absolute Gasteiger partial charge is 0.352 e. The van der Waals surface area contributed by atoms with Crippen LogP contribution in [0.1, 0.15) is 24.0 Å². The van der Waals surface area contributed by atoms with Gasteiger partial charge in [-0.15, -0.1) is 5.10 Å². The van der Waals surface area contributed by atoms with Crippen LogP contribution in [0.5, 0.6) is 0 Å². The van der Waals surface area contributed by atoms with Gasteiger partial charge in [-0.25, -0.2) is 14.4 Å². The molecule has 8 nitrogen and oxygen atoms in total. The highest BCUT2D eigenvalue weighted by atomic mass is 35.5. The third-order valence-electron chi connectivity index (χ3n) is 5.99.